The fraction of sp³-hybridized carbons (Fsp3) is 0.0909. The van der Waals surface area contributed by atoms with Crippen molar-refractivity contribution in [3.63, 3.8) is 0 Å². The molecule has 0 aliphatic carbocycles. The molecule has 1 aromatic carbocycles. The van der Waals surface area contributed by atoms with E-state index >= 15 is 0 Å². The lowest BCUT2D eigenvalue weighted by atomic mass is 10.1. The smallest absolute Gasteiger partial charge is 0.136 e. The Hall–Kier alpha value is -0.550. The van der Waals surface area contributed by atoms with Crippen LogP contribution in [0.5, 0.6) is 5.75 Å². The lowest BCUT2D eigenvalue weighted by molar-refractivity contribution is 0.462. The molecule has 0 fully saturated rings. The minimum absolute atomic E-state index is 0.105. The topological polar surface area (TPSA) is 46.2 Å². The maximum atomic E-state index is 9.94. The number of benzene rings is 1. The van der Waals surface area contributed by atoms with Crippen molar-refractivity contribution in [1.29, 1.82) is 0 Å². The summed E-state index contributed by atoms with van der Waals surface area (Å²) in [5.41, 5.74) is 6.73. The number of nitrogens with two attached hydrogens (primary N) is 1. The van der Waals surface area contributed by atoms with Gasteiger partial charge >= 0.3 is 0 Å². The van der Waals surface area contributed by atoms with Crippen molar-refractivity contribution < 1.29 is 5.11 Å². The minimum atomic E-state index is -0.325. The highest BCUT2D eigenvalue weighted by Crippen LogP contribution is 2.38. The average molecular weight is 319 g/mol. The van der Waals surface area contributed by atoms with E-state index in [4.69, 9.17) is 17.3 Å². The summed E-state index contributed by atoms with van der Waals surface area (Å²) < 4.78 is 0.485. The van der Waals surface area contributed by atoms with Gasteiger partial charge in [-0.3, -0.25) is 0 Å². The van der Waals surface area contributed by atoms with E-state index < -0.39 is 0 Å². The average Bonchev–Trinajstić information content (AvgIpc) is 2.79. The molecule has 0 aliphatic heterocycles. The summed E-state index contributed by atoms with van der Waals surface area (Å²) in [7, 11) is 0. The van der Waals surface area contributed by atoms with Gasteiger partial charge in [0.1, 0.15) is 5.75 Å². The molecule has 0 unspecified atom stereocenters. The minimum Gasteiger partial charge on any atom is -0.506 e. The lowest BCUT2D eigenvalue weighted by Crippen LogP contribution is -2.10. The maximum absolute atomic E-state index is 9.94. The van der Waals surface area contributed by atoms with Crippen LogP contribution >= 0.6 is 38.9 Å². The van der Waals surface area contributed by atoms with Crippen molar-refractivity contribution in [2.75, 3.05) is 0 Å². The fourth-order valence-electron chi connectivity index (χ4n) is 1.43. The number of thiophene rings is 1. The zero-order valence-electron chi connectivity index (χ0n) is 8.15. The van der Waals surface area contributed by atoms with Crippen LogP contribution in [0.25, 0.3) is 0 Å². The Kier molecular flexibility index (Phi) is 3.54. The standard InChI is InChI=1S/C11H9BrClNOS/c12-9-7(13)4-3-6(11(9)15)10(14)8-2-1-5-16-8/h1-5,10,15H,14H2/t10-/m1/s1. The second-order valence-electron chi connectivity index (χ2n) is 3.29. The Morgan fingerprint density at radius 1 is 1.38 bits per heavy atom. The SMILES string of the molecule is N[C@@H](c1cccs1)c1ccc(Cl)c(Br)c1O. The molecule has 5 heteroatoms. The molecule has 2 rings (SSSR count). The molecule has 0 spiro atoms. The molecular weight excluding hydrogens is 310 g/mol. The van der Waals surface area contributed by atoms with Crippen LogP contribution in [-0.2, 0) is 0 Å². The van der Waals surface area contributed by atoms with Gasteiger partial charge in [0, 0.05) is 10.4 Å². The van der Waals surface area contributed by atoms with Gasteiger partial charge in [-0.2, -0.15) is 0 Å². The summed E-state index contributed by atoms with van der Waals surface area (Å²) in [4.78, 5) is 1.00. The highest BCUT2D eigenvalue weighted by Gasteiger charge is 2.17. The van der Waals surface area contributed by atoms with E-state index in [1.807, 2.05) is 17.5 Å². The van der Waals surface area contributed by atoms with E-state index in [9.17, 15) is 5.11 Å². The van der Waals surface area contributed by atoms with E-state index in [-0.39, 0.29) is 11.8 Å². The van der Waals surface area contributed by atoms with Crippen LogP contribution in [0.3, 0.4) is 0 Å². The Morgan fingerprint density at radius 3 is 2.75 bits per heavy atom. The number of phenolic OH excluding ortho intramolecular Hbond substituents is 1. The highest BCUT2D eigenvalue weighted by atomic mass is 79.9. The zero-order chi connectivity index (χ0) is 11.7. The molecule has 1 heterocycles. The van der Waals surface area contributed by atoms with E-state index in [1.165, 1.54) is 0 Å². The van der Waals surface area contributed by atoms with Crippen LogP contribution in [0.15, 0.2) is 34.1 Å². The molecule has 1 atom stereocenters. The molecule has 1 aromatic heterocycles. The van der Waals surface area contributed by atoms with Crippen LogP contribution in [0, 0.1) is 0 Å². The molecule has 0 radical (unpaired) electrons. The Balaban J connectivity index is 2.45. The Labute approximate surface area is 111 Å². The van der Waals surface area contributed by atoms with Gasteiger partial charge in [-0.1, -0.05) is 23.7 Å². The van der Waals surface area contributed by atoms with Gasteiger partial charge in [-0.25, -0.2) is 0 Å². The summed E-state index contributed by atoms with van der Waals surface area (Å²) in [5.74, 6) is 0.105. The molecule has 16 heavy (non-hydrogen) atoms. The summed E-state index contributed by atoms with van der Waals surface area (Å²) in [6.45, 7) is 0. The van der Waals surface area contributed by atoms with E-state index in [1.54, 1.807) is 23.5 Å². The van der Waals surface area contributed by atoms with Gasteiger partial charge in [-0.15, -0.1) is 11.3 Å². The predicted molar refractivity (Wildman–Crippen MR) is 71.2 cm³/mol. The van der Waals surface area contributed by atoms with E-state index in [2.05, 4.69) is 15.9 Å². The third-order valence-electron chi connectivity index (χ3n) is 2.29. The van der Waals surface area contributed by atoms with Gasteiger partial charge in [0.2, 0.25) is 0 Å². The normalized spacial score (nSPS) is 12.7. The number of phenols is 1. The summed E-state index contributed by atoms with van der Waals surface area (Å²) >= 11 is 10.7. The molecule has 3 N–H and O–H groups in total. The van der Waals surface area contributed by atoms with Crippen molar-refractivity contribution >= 4 is 38.9 Å². The van der Waals surface area contributed by atoms with Gasteiger partial charge in [-0.05, 0) is 33.4 Å². The highest BCUT2D eigenvalue weighted by molar-refractivity contribution is 9.10. The molecule has 0 saturated carbocycles. The first-order valence-electron chi connectivity index (χ1n) is 4.57. The van der Waals surface area contributed by atoms with E-state index in [0.29, 0.717) is 15.1 Å². The third-order valence-corrected chi connectivity index (χ3v) is 4.59. The Morgan fingerprint density at radius 2 is 2.12 bits per heavy atom. The second kappa shape index (κ2) is 4.75. The van der Waals surface area contributed by atoms with Crippen molar-refractivity contribution in [3.8, 4) is 5.75 Å². The zero-order valence-corrected chi connectivity index (χ0v) is 11.3. The van der Waals surface area contributed by atoms with Gasteiger partial charge in [0.15, 0.2) is 0 Å². The van der Waals surface area contributed by atoms with Crippen LogP contribution in [-0.4, -0.2) is 5.11 Å². The van der Waals surface area contributed by atoms with Crippen LogP contribution < -0.4 is 5.73 Å². The molecular formula is C11H9BrClNOS. The lowest BCUT2D eigenvalue weighted by Gasteiger charge is -2.13. The largest absolute Gasteiger partial charge is 0.506 e. The number of hydrogen-bond donors (Lipinski definition) is 2. The molecule has 0 aliphatic rings. The molecule has 0 amide bonds. The first-order valence-corrected chi connectivity index (χ1v) is 6.62. The van der Waals surface area contributed by atoms with Crippen molar-refractivity contribution in [2.45, 2.75) is 6.04 Å². The Bertz CT molecular complexity index is 501. The monoisotopic (exact) mass is 317 g/mol. The second-order valence-corrected chi connectivity index (χ2v) is 5.47. The van der Waals surface area contributed by atoms with E-state index in [0.717, 1.165) is 4.88 Å². The number of hydrogen-bond acceptors (Lipinski definition) is 3. The summed E-state index contributed by atoms with van der Waals surface area (Å²) in [6, 6.07) is 7.01. The quantitative estimate of drug-likeness (QED) is 0.881. The van der Waals surface area contributed by atoms with Crippen molar-refractivity contribution in [3.05, 3.63) is 49.6 Å². The fourth-order valence-corrected chi connectivity index (χ4v) is 2.69. The number of rotatable bonds is 2. The van der Waals surface area contributed by atoms with Gasteiger partial charge in [0.25, 0.3) is 0 Å². The predicted octanol–water partition coefficient (Wildman–Crippen LogP) is 3.92. The third kappa shape index (κ3) is 2.11. The number of halogens is 2. The number of aromatic hydroxyl groups is 1. The maximum Gasteiger partial charge on any atom is 0.136 e. The van der Waals surface area contributed by atoms with Crippen LogP contribution in [0.2, 0.25) is 5.02 Å². The van der Waals surface area contributed by atoms with Gasteiger partial charge in [0.05, 0.1) is 15.5 Å². The van der Waals surface area contributed by atoms with Gasteiger partial charge < -0.3 is 10.8 Å². The molecule has 84 valence electrons. The van der Waals surface area contributed by atoms with Crippen molar-refractivity contribution in [2.24, 2.45) is 5.73 Å². The molecule has 0 saturated heterocycles. The molecule has 0 bridgehead atoms. The molecule has 2 aromatic rings. The molecule has 2 nitrogen and oxygen atoms in total. The van der Waals surface area contributed by atoms with Crippen molar-refractivity contribution in [1.82, 2.24) is 0 Å². The first-order chi connectivity index (χ1) is 7.61. The van der Waals surface area contributed by atoms with Crippen LogP contribution in [0.1, 0.15) is 16.5 Å². The first kappa shape index (κ1) is 11.9. The summed E-state index contributed by atoms with van der Waals surface area (Å²) in [5, 5.41) is 12.4. The van der Waals surface area contributed by atoms with Crippen LogP contribution in [0.4, 0.5) is 0 Å². The summed E-state index contributed by atoms with van der Waals surface area (Å²) in [6.07, 6.45) is 0.